The van der Waals surface area contributed by atoms with Crippen molar-refractivity contribution >= 4 is 0 Å². The fourth-order valence-corrected chi connectivity index (χ4v) is 0. The van der Waals surface area contributed by atoms with Crippen molar-refractivity contribution in [2.75, 3.05) is 0 Å². The SMILES string of the molecule is N[C@@H](O)F. The van der Waals surface area contributed by atoms with E-state index in [-0.39, 0.29) is 0 Å². The van der Waals surface area contributed by atoms with E-state index in [1.165, 1.54) is 0 Å². The molecule has 0 unspecified atom stereocenters. The minimum Gasteiger partial charge on any atom is -0.352 e. The zero-order valence-electron chi connectivity index (χ0n) is 1.98. The van der Waals surface area contributed by atoms with Crippen LogP contribution in [0.1, 0.15) is 0 Å². The van der Waals surface area contributed by atoms with Crippen molar-refractivity contribution in [1.29, 1.82) is 0 Å². The summed E-state index contributed by atoms with van der Waals surface area (Å²) in [6.45, 7) is -2.17. The van der Waals surface area contributed by atoms with E-state index in [9.17, 15) is 4.39 Å². The number of aliphatic hydroxyl groups excluding tert-OH is 1. The average Bonchev–Trinajstić information content (AvgIpc) is 0.811. The van der Waals surface area contributed by atoms with E-state index in [0.29, 0.717) is 0 Å². The Bertz CT molecular complexity index is 12.8. The summed E-state index contributed by atoms with van der Waals surface area (Å²) < 4.78 is 10.3. The third-order valence-electron chi connectivity index (χ3n) is 0. The van der Waals surface area contributed by atoms with Gasteiger partial charge in [0.25, 0.3) is 6.48 Å². The van der Waals surface area contributed by atoms with E-state index >= 15 is 0 Å². The van der Waals surface area contributed by atoms with Crippen LogP contribution in [0.25, 0.3) is 0 Å². The lowest BCUT2D eigenvalue weighted by atomic mass is 11.3. The van der Waals surface area contributed by atoms with Gasteiger partial charge in [-0.2, -0.15) is 4.39 Å². The largest absolute Gasteiger partial charge is 0.352 e. The molecule has 0 fully saturated rings. The summed E-state index contributed by atoms with van der Waals surface area (Å²) in [6.07, 6.45) is 0. The van der Waals surface area contributed by atoms with Crippen LogP contribution >= 0.6 is 0 Å². The molecule has 3 heteroatoms. The molecule has 26 valence electrons. The maximum Gasteiger partial charge on any atom is 0.250 e. The Morgan fingerprint density at radius 1 is 2.00 bits per heavy atom. The van der Waals surface area contributed by atoms with Gasteiger partial charge in [-0.25, -0.2) is 0 Å². The van der Waals surface area contributed by atoms with E-state index in [2.05, 4.69) is 5.73 Å². The Morgan fingerprint density at radius 3 is 2.00 bits per heavy atom. The van der Waals surface area contributed by atoms with Crippen LogP contribution in [0.3, 0.4) is 0 Å². The Hall–Kier alpha value is -0.150. The molecule has 0 aromatic rings. The van der Waals surface area contributed by atoms with Gasteiger partial charge >= 0.3 is 0 Å². The first kappa shape index (κ1) is 3.85. The van der Waals surface area contributed by atoms with Gasteiger partial charge in [-0.1, -0.05) is 0 Å². The Morgan fingerprint density at radius 2 is 2.00 bits per heavy atom. The Balaban J connectivity index is 2.32. The second kappa shape index (κ2) is 1.20. The Kier molecular flexibility index (Phi) is 1.16. The zero-order valence-corrected chi connectivity index (χ0v) is 1.98. The van der Waals surface area contributed by atoms with Crippen molar-refractivity contribution in [2.45, 2.75) is 6.48 Å². The lowest BCUT2D eigenvalue weighted by Crippen LogP contribution is -2.09. The molecule has 0 rings (SSSR count). The maximum absolute atomic E-state index is 10.3. The van der Waals surface area contributed by atoms with E-state index in [1.54, 1.807) is 0 Å². The van der Waals surface area contributed by atoms with Gasteiger partial charge in [0.05, 0.1) is 0 Å². The molecule has 0 aliphatic heterocycles. The van der Waals surface area contributed by atoms with E-state index in [4.69, 9.17) is 5.11 Å². The predicted octanol–water partition coefficient (Wildman–Crippen LogP) is -0.810. The summed E-state index contributed by atoms with van der Waals surface area (Å²) >= 11 is 0. The summed E-state index contributed by atoms with van der Waals surface area (Å²) in [5.41, 5.74) is 4.00. The fourth-order valence-electron chi connectivity index (χ4n) is 0. The molecule has 0 saturated heterocycles. The van der Waals surface area contributed by atoms with Crippen LogP contribution < -0.4 is 5.73 Å². The molecule has 0 aliphatic carbocycles. The minimum atomic E-state index is -2.17. The molecule has 0 bridgehead atoms. The van der Waals surface area contributed by atoms with E-state index in [1.807, 2.05) is 0 Å². The van der Waals surface area contributed by atoms with Crippen LogP contribution in [-0.4, -0.2) is 11.6 Å². The van der Waals surface area contributed by atoms with Gasteiger partial charge in [-0.3, -0.25) is 5.73 Å². The predicted molar refractivity (Wildman–Crippen MR) is 11.3 cm³/mol. The first-order valence-corrected chi connectivity index (χ1v) is 0.810. The van der Waals surface area contributed by atoms with Gasteiger partial charge in [0.15, 0.2) is 0 Å². The maximum atomic E-state index is 10.3. The first-order chi connectivity index (χ1) is 1.73. The monoisotopic (exact) mass is 65.0 g/mol. The molecule has 1 atom stereocenters. The van der Waals surface area contributed by atoms with Gasteiger partial charge in [0.1, 0.15) is 0 Å². The van der Waals surface area contributed by atoms with Crippen molar-refractivity contribution in [3.05, 3.63) is 0 Å². The number of halogens is 1. The third-order valence-corrected chi connectivity index (χ3v) is 0. The molecule has 0 spiro atoms. The van der Waals surface area contributed by atoms with Crippen molar-refractivity contribution in [1.82, 2.24) is 0 Å². The molecule has 0 heterocycles. The molecular weight excluding hydrogens is 61.0 g/mol. The van der Waals surface area contributed by atoms with Crippen LogP contribution in [0.5, 0.6) is 0 Å². The van der Waals surface area contributed by atoms with Crippen molar-refractivity contribution in [3.63, 3.8) is 0 Å². The van der Waals surface area contributed by atoms with E-state index in [0.717, 1.165) is 0 Å². The number of nitrogens with two attached hydrogens (primary N) is 1. The van der Waals surface area contributed by atoms with Gasteiger partial charge in [-0.05, 0) is 0 Å². The van der Waals surface area contributed by atoms with Crippen molar-refractivity contribution < 1.29 is 9.50 Å². The van der Waals surface area contributed by atoms with Gasteiger partial charge in [0.2, 0.25) is 0 Å². The smallest absolute Gasteiger partial charge is 0.250 e. The number of rotatable bonds is 0. The second-order valence-corrected chi connectivity index (χ2v) is 0.373. The highest BCUT2D eigenvalue weighted by Crippen LogP contribution is 1.58. The summed E-state index contributed by atoms with van der Waals surface area (Å²) in [6, 6.07) is 0. The van der Waals surface area contributed by atoms with Crippen LogP contribution in [0.15, 0.2) is 0 Å². The van der Waals surface area contributed by atoms with Gasteiger partial charge in [0, 0.05) is 0 Å². The first-order valence-electron chi connectivity index (χ1n) is 0.810. The average molecular weight is 65.0 g/mol. The zero-order chi connectivity index (χ0) is 3.58. The quantitative estimate of drug-likeness (QED) is 0.286. The fraction of sp³-hybridized carbons (Fsp3) is 1.00. The Labute approximate surface area is 23.0 Å². The van der Waals surface area contributed by atoms with Crippen LogP contribution in [-0.2, 0) is 0 Å². The molecule has 0 aromatic carbocycles. The molecular formula is CH4FNO. The number of hydrogen-bond donors (Lipinski definition) is 2. The number of aliphatic hydroxyl groups is 1. The third kappa shape index (κ3) is 59.4. The molecule has 0 radical (unpaired) electrons. The van der Waals surface area contributed by atoms with Crippen LogP contribution in [0, 0.1) is 0 Å². The van der Waals surface area contributed by atoms with Crippen molar-refractivity contribution in [3.8, 4) is 0 Å². The summed E-state index contributed by atoms with van der Waals surface area (Å²) in [5.74, 6) is 0. The molecule has 0 aliphatic rings. The normalized spacial score (nSPS) is 15.8. The topological polar surface area (TPSA) is 46.2 Å². The summed E-state index contributed by atoms with van der Waals surface area (Å²) in [7, 11) is 0. The summed E-state index contributed by atoms with van der Waals surface area (Å²) in [5, 5.41) is 7.17. The van der Waals surface area contributed by atoms with Gasteiger partial charge in [-0.15, -0.1) is 0 Å². The molecule has 0 amide bonds. The highest BCUT2D eigenvalue weighted by Gasteiger charge is 1.74. The summed E-state index contributed by atoms with van der Waals surface area (Å²) in [4.78, 5) is 0. The lowest BCUT2D eigenvalue weighted by molar-refractivity contribution is 0.0489. The van der Waals surface area contributed by atoms with E-state index < -0.39 is 6.48 Å². The highest BCUT2D eigenvalue weighted by atomic mass is 19.1. The van der Waals surface area contributed by atoms with Crippen LogP contribution in [0.4, 0.5) is 4.39 Å². The molecule has 2 nitrogen and oxygen atoms in total. The minimum absolute atomic E-state index is 2.17. The standard InChI is InChI=1S/CH4FNO/c2-1(3)4/h1,4H,3H2/t1-/m0/s1. The molecule has 4 heavy (non-hydrogen) atoms. The highest BCUT2D eigenvalue weighted by molar-refractivity contribution is 3.98. The van der Waals surface area contributed by atoms with Crippen LogP contribution in [0.2, 0.25) is 0 Å². The molecule has 0 saturated carbocycles. The molecule has 0 aromatic heterocycles. The second-order valence-electron chi connectivity index (χ2n) is 0.373. The lowest BCUT2D eigenvalue weighted by Gasteiger charge is -1.77. The number of alkyl halides is 1. The molecule has 3 N–H and O–H groups in total. The van der Waals surface area contributed by atoms with Gasteiger partial charge < -0.3 is 5.11 Å². The number of hydrogen-bond acceptors (Lipinski definition) is 2. The van der Waals surface area contributed by atoms with Crippen molar-refractivity contribution in [2.24, 2.45) is 5.73 Å².